The zero-order valence-electron chi connectivity index (χ0n) is 14.3. The van der Waals surface area contributed by atoms with E-state index >= 15 is 0 Å². The number of para-hydroxylation sites is 1. The smallest absolute Gasteiger partial charge is 0.278 e. The Kier molecular flexibility index (Phi) is 4.46. The monoisotopic (exact) mass is 366 g/mol. The van der Waals surface area contributed by atoms with Crippen LogP contribution in [0.3, 0.4) is 0 Å². The van der Waals surface area contributed by atoms with Gasteiger partial charge < -0.3 is 4.90 Å². The molecule has 0 N–H and O–H groups in total. The third-order valence-electron chi connectivity index (χ3n) is 4.46. The van der Waals surface area contributed by atoms with Crippen molar-refractivity contribution in [3.8, 4) is 0 Å². The van der Waals surface area contributed by atoms with Crippen LogP contribution in [0, 0.1) is 0 Å². The van der Waals surface area contributed by atoms with Crippen molar-refractivity contribution in [2.45, 2.75) is 30.0 Å². The molecule has 7 heteroatoms. The van der Waals surface area contributed by atoms with Gasteiger partial charge in [-0.1, -0.05) is 36.4 Å². The van der Waals surface area contributed by atoms with Crippen molar-refractivity contribution in [2.24, 2.45) is 0 Å². The highest BCUT2D eigenvalue weighted by molar-refractivity contribution is 8.00. The standard InChI is InChI=1S/C19H18N4O2S/c1-13-10-11-22(16-8-4-5-9-17(16)26-13)18(24)12-23-19(25)14-6-2-3-7-15(14)20-21-23/h2-9,13H,10-12H2,1H3. The molecule has 0 aliphatic carbocycles. The van der Waals surface area contributed by atoms with Gasteiger partial charge in [-0.15, -0.1) is 16.9 Å². The Balaban J connectivity index is 1.67. The van der Waals surface area contributed by atoms with Crippen molar-refractivity contribution in [2.75, 3.05) is 11.4 Å². The Bertz CT molecular complexity index is 1030. The molecule has 26 heavy (non-hydrogen) atoms. The Morgan fingerprint density at radius 3 is 2.85 bits per heavy atom. The summed E-state index contributed by atoms with van der Waals surface area (Å²) in [6.07, 6.45) is 0.892. The van der Waals surface area contributed by atoms with Crippen LogP contribution in [-0.2, 0) is 11.3 Å². The van der Waals surface area contributed by atoms with E-state index in [-0.39, 0.29) is 18.0 Å². The summed E-state index contributed by atoms with van der Waals surface area (Å²) in [5, 5.41) is 8.89. The second kappa shape index (κ2) is 6.92. The molecular formula is C19H18N4O2S. The average molecular weight is 366 g/mol. The third kappa shape index (κ3) is 3.10. The number of amides is 1. The van der Waals surface area contributed by atoms with Crippen molar-refractivity contribution < 1.29 is 4.79 Å². The van der Waals surface area contributed by atoms with Crippen LogP contribution in [-0.4, -0.2) is 32.7 Å². The molecule has 6 nitrogen and oxygen atoms in total. The first-order chi connectivity index (χ1) is 12.6. The van der Waals surface area contributed by atoms with Gasteiger partial charge in [-0.3, -0.25) is 9.59 Å². The van der Waals surface area contributed by atoms with Crippen molar-refractivity contribution >= 4 is 34.3 Å². The molecule has 0 spiro atoms. The molecule has 2 aromatic carbocycles. The van der Waals surface area contributed by atoms with Crippen molar-refractivity contribution in [1.29, 1.82) is 0 Å². The highest BCUT2D eigenvalue weighted by Gasteiger charge is 2.24. The first kappa shape index (κ1) is 16.8. The zero-order chi connectivity index (χ0) is 18.1. The first-order valence-corrected chi connectivity index (χ1v) is 9.40. The zero-order valence-corrected chi connectivity index (χ0v) is 15.1. The average Bonchev–Trinajstić information content (AvgIpc) is 2.82. The second-order valence-electron chi connectivity index (χ2n) is 6.30. The van der Waals surface area contributed by atoms with Crippen LogP contribution in [0.4, 0.5) is 5.69 Å². The van der Waals surface area contributed by atoms with Crippen LogP contribution in [0.25, 0.3) is 10.9 Å². The van der Waals surface area contributed by atoms with Crippen LogP contribution < -0.4 is 10.5 Å². The molecule has 3 aromatic rings. The van der Waals surface area contributed by atoms with Gasteiger partial charge in [0.15, 0.2) is 0 Å². The van der Waals surface area contributed by atoms with Crippen LogP contribution in [0.15, 0.2) is 58.2 Å². The topological polar surface area (TPSA) is 68.1 Å². The Labute approximate surface area is 154 Å². The highest BCUT2D eigenvalue weighted by atomic mass is 32.2. The first-order valence-electron chi connectivity index (χ1n) is 8.52. The lowest BCUT2D eigenvalue weighted by atomic mass is 10.2. The molecule has 0 fully saturated rings. The summed E-state index contributed by atoms with van der Waals surface area (Å²) in [4.78, 5) is 28.4. The number of nitrogens with zero attached hydrogens (tertiary/aromatic N) is 4. The molecule has 0 saturated carbocycles. The molecule has 0 saturated heterocycles. The van der Waals surface area contributed by atoms with Gasteiger partial charge in [-0.05, 0) is 30.7 Å². The number of anilines is 1. The highest BCUT2D eigenvalue weighted by Crippen LogP contribution is 2.37. The number of fused-ring (bicyclic) bond motifs is 2. The fourth-order valence-electron chi connectivity index (χ4n) is 3.09. The van der Waals surface area contributed by atoms with Gasteiger partial charge in [0.05, 0.1) is 11.1 Å². The number of rotatable bonds is 2. The summed E-state index contributed by atoms with van der Waals surface area (Å²) in [5.41, 5.74) is 1.13. The van der Waals surface area contributed by atoms with E-state index < -0.39 is 0 Å². The number of hydrogen-bond donors (Lipinski definition) is 0. The summed E-state index contributed by atoms with van der Waals surface area (Å²) in [6, 6.07) is 14.9. The van der Waals surface area contributed by atoms with E-state index in [1.54, 1.807) is 40.9 Å². The fourth-order valence-corrected chi connectivity index (χ4v) is 4.20. The van der Waals surface area contributed by atoms with Gasteiger partial charge in [-0.2, -0.15) is 0 Å². The summed E-state index contributed by atoms with van der Waals surface area (Å²) >= 11 is 1.77. The molecule has 1 unspecified atom stereocenters. The largest absolute Gasteiger partial charge is 0.310 e. The summed E-state index contributed by atoms with van der Waals surface area (Å²) in [5.74, 6) is -0.154. The minimum absolute atomic E-state index is 0.121. The molecule has 1 amide bonds. The van der Waals surface area contributed by atoms with Crippen molar-refractivity contribution in [3.05, 3.63) is 58.9 Å². The summed E-state index contributed by atoms with van der Waals surface area (Å²) in [6.45, 7) is 2.67. The van der Waals surface area contributed by atoms with Gasteiger partial charge >= 0.3 is 0 Å². The Morgan fingerprint density at radius 1 is 1.19 bits per heavy atom. The van der Waals surface area contributed by atoms with Crippen molar-refractivity contribution in [3.63, 3.8) is 0 Å². The van der Waals surface area contributed by atoms with E-state index in [0.717, 1.165) is 21.7 Å². The normalized spacial score (nSPS) is 17.0. The molecular weight excluding hydrogens is 348 g/mol. The lowest BCUT2D eigenvalue weighted by molar-refractivity contribution is -0.119. The van der Waals surface area contributed by atoms with E-state index in [1.807, 2.05) is 24.3 Å². The number of benzene rings is 2. The van der Waals surface area contributed by atoms with E-state index in [1.165, 1.54) is 0 Å². The van der Waals surface area contributed by atoms with Gasteiger partial charge in [-0.25, -0.2) is 4.68 Å². The lowest BCUT2D eigenvalue weighted by Crippen LogP contribution is -2.38. The predicted molar refractivity (Wildman–Crippen MR) is 103 cm³/mol. The number of hydrogen-bond acceptors (Lipinski definition) is 5. The van der Waals surface area contributed by atoms with Crippen LogP contribution >= 0.6 is 11.8 Å². The van der Waals surface area contributed by atoms with Gasteiger partial charge in [0.25, 0.3) is 5.56 Å². The SMILES string of the molecule is CC1CCN(C(=O)Cn2nnc3ccccc3c2=O)c2ccccc2S1. The van der Waals surface area contributed by atoms with Crippen LogP contribution in [0.2, 0.25) is 0 Å². The van der Waals surface area contributed by atoms with Gasteiger partial charge in [0.1, 0.15) is 12.1 Å². The Morgan fingerprint density at radius 2 is 1.96 bits per heavy atom. The minimum atomic E-state index is -0.296. The van der Waals surface area contributed by atoms with Crippen LogP contribution in [0.5, 0.6) is 0 Å². The van der Waals surface area contributed by atoms with E-state index in [0.29, 0.717) is 22.7 Å². The molecule has 1 atom stereocenters. The van der Waals surface area contributed by atoms with E-state index in [9.17, 15) is 9.59 Å². The third-order valence-corrected chi connectivity index (χ3v) is 5.70. The second-order valence-corrected chi connectivity index (χ2v) is 7.78. The molecule has 0 radical (unpaired) electrons. The Hall–Kier alpha value is -2.67. The fraction of sp³-hybridized carbons (Fsp3) is 0.263. The number of thioether (sulfide) groups is 1. The van der Waals surface area contributed by atoms with E-state index in [2.05, 4.69) is 17.2 Å². The minimum Gasteiger partial charge on any atom is -0.310 e. The van der Waals surface area contributed by atoms with E-state index in [4.69, 9.17) is 0 Å². The molecule has 132 valence electrons. The predicted octanol–water partition coefficient (Wildman–Crippen LogP) is 2.71. The van der Waals surface area contributed by atoms with Gasteiger partial charge in [0.2, 0.25) is 5.91 Å². The maximum Gasteiger partial charge on any atom is 0.278 e. The maximum absolute atomic E-state index is 13.0. The lowest BCUT2D eigenvalue weighted by Gasteiger charge is -2.22. The molecule has 1 aliphatic rings. The molecule has 0 bridgehead atoms. The molecule has 4 rings (SSSR count). The maximum atomic E-state index is 13.0. The summed E-state index contributed by atoms with van der Waals surface area (Å²) in [7, 11) is 0. The molecule has 2 heterocycles. The number of aromatic nitrogens is 3. The van der Waals surface area contributed by atoms with Crippen molar-refractivity contribution in [1.82, 2.24) is 15.0 Å². The quantitative estimate of drug-likeness (QED) is 0.698. The van der Waals surface area contributed by atoms with Gasteiger partial charge in [0, 0.05) is 16.7 Å². The number of carbonyl (C=O) groups is 1. The molecule has 1 aromatic heterocycles. The van der Waals surface area contributed by atoms with Crippen LogP contribution in [0.1, 0.15) is 13.3 Å². The summed E-state index contributed by atoms with van der Waals surface area (Å²) < 4.78 is 1.15. The number of carbonyl (C=O) groups excluding carboxylic acids is 1. The molecule has 1 aliphatic heterocycles.